The van der Waals surface area contributed by atoms with Gasteiger partial charge in [-0.25, -0.2) is 9.22 Å². The lowest BCUT2D eigenvalue weighted by molar-refractivity contribution is 0.584. The molecule has 1 N–H and O–H groups in total. The van der Waals surface area contributed by atoms with Crippen molar-refractivity contribution in [3.8, 4) is 0 Å². The Morgan fingerprint density at radius 3 is 2.48 bits per heavy atom. The molecule has 0 saturated carbocycles. The molecule has 2 aromatic carbocycles. The van der Waals surface area contributed by atoms with Crippen molar-refractivity contribution < 1.29 is 12.8 Å². The van der Waals surface area contributed by atoms with Crippen LogP contribution in [0.25, 0.3) is 0 Å². The highest BCUT2D eigenvalue weighted by Gasteiger charge is 2.11. The number of hydrogen-bond donors (Lipinski definition) is 1. The second-order valence-electron chi connectivity index (χ2n) is 4.34. The number of rotatable bonds is 4. The first kappa shape index (κ1) is 15.7. The molecule has 2 rings (SSSR count). The summed E-state index contributed by atoms with van der Waals surface area (Å²) in [6.07, 6.45) is 1.30. The fourth-order valence-corrected chi connectivity index (χ4v) is 2.72. The van der Waals surface area contributed by atoms with Gasteiger partial charge in [0, 0.05) is 0 Å². The van der Waals surface area contributed by atoms with Gasteiger partial charge in [0.2, 0.25) is 0 Å². The molecule has 110 valence electrons. The van der Waals surface area contributed by atoms with Gasteiger partial charge in [-0.3, -0.25) is 0 Å². The second-order valence-corrected chi connectivity index (χ2v) is 6.85. The van der Waals surface area contributed by atoms with Crippen molar-refractivity contribution in [3.63, 3.8) is 0 Å². The highest BCUT2D eigenvalue weighted by molar-refractivity contribution is 9.10. The smallest absolute Gasteiger partial charge is 0.206 e. The number of halogens is 2. The molecule has 0 aliphatic rings. The van der Waals surface area contributed by atoms with E-state index in [0.717, 1.165) is 5.56 Å². The van der Waals surface area contributed by atoms with Gasteiger partial charge in [0.1, 0.15) is 5.82 Å². The number of aryl methyl sites for hydroxylation is 1. The first-order valence-corrected chi connectivity index (χ1v) is 8.23. The molecule has 0 atom stereocenters. The zero-order chi connectivity index (χ0) is 15.5. The summed E-state index contributed by atoms with van der Waals surface area (Å²) in [5.74, 6) is -0.396. The number of sulfonamides is 1. The minimum absolute atomic E-state index is 0.130. The Labute approximate surface area is 130 Å². The summed E-state index contributed by atoms with van der Waals surface area (Å²) in [6, 6.07) is 10.7. The van der Waals surface area contributed by atoms with Crippen LogP contribution in [0, 0.1) is 12.7 Å². The van der Waals surface area contributed by atoms with Gasteiger partial charge in [0.15, 0.2) is 0 Å². The van der Waals surface area contributed by atoms with Crippen LogP contribution in [-0.2, 0) is 10.0 Å². The predicted octanol–water partition coefficient (Wildman–Crippen LogP) is 3.21. The van der Waals surface area contributed by atoms with E-state index in [1.54, 1.807) is 12.1 Å². The van der Waals surface area contributed by atoms with Gasteiger partial charge in [-0.05, 0) is 52.7 Å². The van der Waals surface area contributed by atoms with E-state index in [-0.39, 0.29) is 9.37 Å². The van der Waals surface area contributed by atoms with E-state index < -0.39 is 15.8 Å². The van der Waals surface area contributed by atoms with Crippen LogP contribution in [0.3, 0.4) is 0 Å². The van der Waals surface area contributed by atoms with Crippen molar-refractivity contribution in [1.82, 2.24) is 4.83 Å². The molecule has 0 heterocycles. The van der Waals surface area contributed by atoms with Gasteiger partial charge in [-0.15, -0.1) is 0 Å². The van der Waals surface area contributed by atoms with E-state index in [9.17, 15) is 12.8 Å². The molecular weight excluding hydrogens is 359 g/mol. The van der Waals surface area contributed by atoms with Gasteiger partial charge in [0.05, 0.1) is 15.6 Å². The van der Waals surface area contributed by atoms with Gasteiger partial charge in [0.25, 0.3) is 10.0 Å². The maximum Gasteiger partial charge on any atom is 0.276 e. The zero-order valence-electron chi connectivity index (χ0n) is 11.0. The molecule has 0 aromatic heterocycles. The summed E-state index contributed by atoms with van der Waals surface area (Å²) in [7, 11) is -3.70. The highest BCUT2D eigenvalue weighted by Crippen LogP contribution is 2.15. The van der Waals surface area contributed by atoms with Crippen LogP contribution in [0.2, 0.25) is 0 Å². The third kappa shape index (κ3) is 4.12. The van der Waals surface area contributed by atoms with Gasteiger partial charge in [-0.2, -0.15) is 13.5 Å². The lowest BCUT2D eigenvalue weighted by Crippen LogP contribution is -2.18. The third-order valence-corrected chi connectivity index (χ3v) is 4.51. The standard InChI is InChI=1S/C14H12BrFN2O2S/c1-10-2-5-12(6-3-10)21(19,20)18-17-9-11-4-7-14(16)13(15)8-11/h2-9,18H,1H3. The first-order chi connectivity index (χ1) is 9.88. The Kier molecular flexibility index (Phi) is 4.74. The minimum atomic E-state index is -3.70. The maximum absolute atomic E-state index is 13.1. The van der Waals surface area contributed by atoms with E-state index in [2.05, 4.69) is 25.9 Å². The Hall–Kier alpha value is -1.73. The van der Waals surface area contributed by atoms with Gasteiger partial charge >= 0.3 is 0 Å². The number of hydrogen-bond acceptors (Lipinski definition) is 3. The molecule has 2 aromatic rings. The highest BCUT2D eigenvalue weighted by atomic mass is 79.9. The van der Waals surface area contributed by atoms with Crippen LogP contribution in [0.4, 0.5) is 4.39 Å². The molecule has 0 unspecified atom stereocenters. The van der Waals surface area contributed by atoms with Crippen molar-refractivity contribution in [3.05, 3.63) is 63.9 Å². The second kappa shape index (κ2) is 6.36. The number of nitrogens with one attached hydrogen (secondary N) is 1. The van der Waals surface area contributed by atoms with E-state index in [0.29, 0.717) is 5.56 Å². The van der Waals surface area contributed by atoms with Crippen molar-refractivity contribution in [2.75, 3.05) is 0 Å². The average molecular weight is 371 g/mol. The van der Waals surface area contributed by atoms with E-state index in [1.807, 2.05) is 6.92 Å². The summed E-state index contributed by atoms with van der Waals surface area (Å²) in [5, 5.41) is 3.68. The summed E-state index contributed by atoms with van der Waals surface area (Å²) in [6.45, 7) is 1.87. The fraction of sp³-hybridized carbons (Fsp3) is 0.0714. The largest absolute Gasteiger partial charge is 0.276 e. The quantitative estimate of drug-likeness (QED) is 0.663. The zero-order valence-corrected chi connectivity index (χ0v) is 13.4. The number of nitrogens with zero attached hydrogens (tertiary/aromatic N) is 1. The molecule has 0 amide bonds. The van der Waals surface area contributed by atoms with Crippen LogP contribution in [0.1, 0.15) is 11.1 Å². The van der Waals surface area contributed by atoms with Crippen LogP contribution < -0.4 is 4.83 Å². The SMILES string of the molecule is Cc1ccc(S(=O)(=O)NN=Cc2ccc(F)c(Br)c2)cc1. The molecule has 7 heteroatoms. The average Bonchev–Trinajstić information content (AvgIpc) is 2.43. The normalized spacial score (nSPS) is 11.8. The Bertz CT molecular complexity index is 774. The number of hydrazone groups is 1. The van der Waals surface area contributed by atoms with Crippen molar-refractivity contribution in [2.45, 2.75) is 11.8 Å². The van der Waals surface area contributed by atoms with Crippen molar-refractivity contribution in [1.29, 1.82) is 0 Å². The van der Waals surface area contributed by atoms with Crippen LogP contribution in [0.15, 0.2) is 56.9 Å². The molecule has 0 radical (unpaired) electrons. The van der Waals surface area contributed by atoms with Crippen molar-refractivity contribution >= 4 is 32.2 Å². The Balaban J connectivity index is 2.12. The van der Waals surface area contributed by atoms with Crippen LogP contribution >= 0.6 is 15.9 Å². The molecule has 0 aliphatic carbocycles. The lowest BCUT2D eigenvalue weighted by atomic mass is 10.2. The monoisotopic (exact) mass is 370 g/mol. The minimum Gasteiger partial charge on any atom is -0.206 e. The topological polar surface area (TPSA) is 58.5 Å². The molecular formula is C14H12BrFN2O2S. The van der Waals surface area contributed by atoms with E-state index in [4.69, 9.17) is 0 Å². The molecule has 4 nitrogen and oxygen atoms in total. The molecule has 0 saturated heterocycles. The summed E-state index contributed by atoms with van der Waals surface area (Å²) < 4.78 is 37.3. The summed E-state index contributed by atoms with van der Waals surface area (Å²) >= 11 is 3.05. The van der Waals surface area contributed by atoms with E-state index >= 15 is 0 Å². The predicted molar refractivity (Wildman–Crippen MR) is 83.2 cm³/mol. The molecule has 0 aliphatic heterocycles. The summed E-state index contributed by atoms with van der Waals surface area (Å²) in [4.78, 5) is 2.24. The van der Waals surface area contributed by atoms with Crippen molar-refractivity contribution in [2.24, 2.45) is 5.10 Å². The molecule has 21 heavy (non-hydrogen) atoms. The first-order valence-electron chi connectivity index (χ1n) is 5.95. The third-order valence-electron chi connectivity index (χ3n) is 2.66. The Morgan fingerprint density at radius 1 is 1.19 bits per heavy atom. The lowest BCUT2D eigenvalue weighted by Gasteiger charge is -2.03. The maximum atomic E-state index is 13.1. The van der Waals surface area contributed by atoms with Gasteiger partial charge < -0.3 is 0 Å². The molecule has 0 bridgehead atoms. The Morgan fingerprint density at radius 2 is 1.86 bits per heavy atom. The van der Waals surface area contributed by atoms with E-state index in [1.165, 1.54) is 36.5 Å². The fourth-order valence-electron chi connectivity index (χ4n) is 1.53. The number of benzene rings is 2. The molecule has 0 spiro atoms. The summed E-state index contributed by atoms with van der Waals surface area (Å²) in [5.41, 5.74) is 1.53. The van der Waals surface area contributed by atoms with Gasteiger partial charge in [-0.1, -0.05) is 23.8 Å². The van der Waals surface area contributed by atoms with Crippen LogP contribution in [-0.4, -0.2) is 14.6 Å². The molecule has 0 fully saturated rings. The van der Waals surface area contributed by atoms with Crippen LogP contribution in [0.5, 0.6) is 0 Å².